The van der Waals surface area contributed by atoms with E-state index in [0.717, 1.165) is 32.4 Å². The Morgan fingerprint density at radius 1 is 1.53 bits per heavy atom. The predicted octanol–water partition coefficient (Wildman–Crippen LogP) is -0.553. The first-order chi connectivity index (χ1) is 6.99. The number of nitrogens with one attached hydrogen (secondary N) is 2. The van der Waals surface area contributed by atoms with Gasteiger partial charge in [-0.05, 0) is 25.8 Å². The first kappa shape index (κ1) is 11.3. The van der Waals surface area contributed by atoms with Gasteiger partial charge < -0.3 is 10.1 Å². The zero-order chi connectivity index (χ0) is 10.9. The molecule has 2 atom stereocenters. The van der Waals surface area contributed by atoms with Crippen molar-refractivity contribution >= 4 is 10.0 Å². The van der Waals surface area contributed by atoms with Crippen LogP contribution in [0, 0.1) is 0 Å². The Kier molecular flexibility index (Phi) is 3.03. The van der Waals surface area contributed by atoms with Crippen molar-refractivity contribution in [1.29, 1.82) is 0 Å². The lowest BCUT2D eigenvalue weighted by Crippen LogP contribution is -2.49. The zero-order valence-corrected chi connectivity index (χ0v) is 9.77. The van der Waals surface area contributed by atoms with Crippen LogP contribution >= 0.6 is 0 Å². The van der Waals surface area contributed by atoms with E-state index in [9.17, 15) is 8.42 Å². The highest BCUT2D eigenvalue weighted by atomic mass is 32.2. The Labute approximate surface area is 90.6 Å². The van der Waals surface area contributed by atoms with E-state index in [1.807, 2.05) is 0 Å². The second kappa shape index (κ2) is 4.01. The van der Waals surface area contributed by atoms with E-state index in [0.29, 0.717) is 6.61 Å². The number of sulfonamides is 1. The molecule has 1 spiro atoms. The normalized spacial score (nSPS) is 37.3. The van der Waals surface area contributed by atoms with Crippen molar-refractivity contribution in [3.63, 3.8) is 0 Å². The Balaban J connectivity index is 1.98. The molecular weight excluding hydrogens is 216 g/mol. The molecule has 2 aliphatic rings. The van der Waals surface area contributed by atoms with Crippen LogP contribution in [-0.2, 0) is 14.8 Å². The van der Waals surface area contributed by atoms with Crippen molar-refractivity contribution < 1.29 is 13.2 Å². The second-order valence-electron chi connectivity index (χ2n) is 4.54. The third kappa shape index (κ3) is 2.90. The summed E-state index contributed by atoms with van der Waals surface area (Å²) in [7, 11) is -3.10. The summed E-state index contributed by atoms with van der Waals surface area (Å²) in [5.74, 6) is 0. The fourth-order valence-corrected chi connectivity index (χ4v) is 3.26. The van der Waals surface area contributed by atoms with Crippen molar-refractivity contribution in [2.24, 2.45) is 0 Å². The van der Waals surface area contributed by atoms with Gasteiger partial charge in [0, 0.05) is 19.2 Å². The summed E-state index contributed by atoms with van der Waals surface area (Å²) in [5, 5.41) is 3.26. The van der Waals surface area contributed by atoms with Gasteiger partial charge in [0.15, 0.2) is 0 Å². The van der Waals surface area contributed by atoms with E-state index in [2.05, 4.69) is 10.0 Å². The molecule has 0 aromatic carbocycles. The molecule has 2 rings (SSSR count). The lowest BCUT2D eigenvalue weighted by Gasteiger charge is -2.37. The number of hydrogen-bond acceptors (Lipinski definition) is 4. The van der Waals surface area contributed by atoms with Gasteiger partial charge in [-0.15, -0.1) is 0 Å². The number of hydrogen-bond donors (Lipinski definition) is 2. The summed E-state index contributed by atoms with van der Waals surface area (Å²) in [5.41, 5.74) is -0.124. The molecule has 0 saturated carbocycles. The largest absolute Gasteiger partial charge is 0.373 e. The average molecular weight is 234 g/mol. The number of ether oxygens (including phenoxy) is 1. The molecule has 0 bridgehead atoms. The molecule has 88 valence electrons. The summed E-state index contributed by atoms with van der Waals surface area (Å²) in [4.78, 5) is 0. The molecule has 6 heteroatoms. The van der Waals surface area contributed by atoms with Crippen LogP contribution in [-0.4, -0.2) is 46.0 Å². The van der Waals surface area contributed by atoms with Gasteiger partial charge in [0.1, 0.15) is 0 Å². The fourth-order valence-electron chi connectivity index (χ4n) is 2.45. The molecule has 2 saturated heterocycles. The number of rotatable bonds is 2. The molecule has 2 N–H and O–H groups in total. The molecule has 0 radical (unpaired) electrons. The van der Waals surface area contributed by atoms with Crippen LogP contribution in [0.3, 0.4) is 0 Å². The van der Waals surface area contributed by atoms with Crippen LogP contribution in [0.25, 0.3) is 0 Å². The third-order valence-electron chi connectivity index (χ3n) is 3.08. The Morgan fingerprint density at radius 2 is 2.33 bits per heavy atom. The molecule has 0 aromatic rings. The standard InChI is InChI=1S/C9H18N2O3S/c1-15(12,13)11-8-2-5-14-9(6-8)3-4-10-7-9/h8,10-11H,2-7H2,1H3/t8-,9+/m0/s1. The van der Waals surface area contributed by atoms with E-state index in [1.54, 1.807) is 0 Å². The van der Waals surface area contributed by atoms with Crippen molar-refractivity contribution in [3.05, 3.63) is 0 Å². The fraction of sp³-hybridized carbons (Fsp3) is 1.00. The molecular formula is C9H18N2O3S. The maximum atomic E-state index is 11.1. The molecule has 2 aliphatic heterocycles. The minimum atomic E-state index is -3.10. The van der Waals surface area contributed by atoms with Gasteiger partial charge >= 0.3 is 0 Å². The smallest absolute Gasteiger partial charge is 0.208 e. The van der Waals surface area contributed by atoms with Crippen LogP contribution < -0.4 is 10.0 Å². The van der Waals surface area contributed by atoms with E-state index in [-0.39, 0.29) is 11.6 Å². The molecule has 0 aliphatic carbocycles. The molecule has 5 nitrogen and oxygen atoms in total. The van der Waals surface area contributed by atoms with Gasteiger partial charge in [0.25, 0.3) is 0 Å². The molecule has 15 heavy (non-hydrogen) atoms. The van der Waals surface area contributed by atoms with Crippen molar-refractivity contribution in [2.75, 3.05) is 26.0 Å². The predicted molar refractivity (Wildman–Crippen MR) is 57.2 cm³/mol. The molecule has 2 fully saturated rings. The Bertz CT molecular complexity index is 322. The van der Waals surface area contributed by atoms with E-state index in [4.69, 9.17) is 4.74 Å². The van der Waals surface area contributed by atoms with Crippen molar-refractivity contribution in [2.45, 2.75) is 30.9 Å². The summed E-state index contributed by atoms with van der Waals surface area (Å²) in [6, 6.07) is 0.0358. The molecule has 0 amide bonds. The Hall–Kier alpha value is -0.170. The molecule has 2 heterocycles. The van der Waals surface area contributed by atoms with Gasteiger partial charge in [-0.1, -0.05) is 0 Å². The first-order valence-electron chi connectivity index (χ1n) is 5.31. The minimum Gasteiger partial charge on any atom is -0.373 e. The van der Waals surface area contributed by atoms with Gasteiger partial charge in [0.2, 0.25) is 10.0 Å². The highest BCUT2D eigenvalue weighted by Crippen LogP contribution is 2.30. The Morgan fingerprint density at radius 3 is 2.93 bits per heavy atom. The lowest BCUT2D eigenvalue weighted by molar-refractivity contribution is -0.0717. The highest BCUT2D eigenvalue weighted by molar-refractivity contribution is 7.88. The topological polar surface area (TPSA) is 67.4 Å². The first-order valence-corrected chi connectivity index (χ1v) is 7.20. The highest BCUT2D eigenvalue weighted by Gasteiger charge is 2.40. The molecule has 0 unspecified atom stereocenters. The average Bonchev–Trinajstić information content (AvgIpc) is 2.50. The summed E-state index contributed by atoms with van der Waals surface area (Å²) in [6.07, 6.45) is 3.75. The van der Waals surface area contributed by atoms with Crippen LogP contribution in [0.2, 0.25) is 0 Å². The lowest BCUT2D eigenvalue weighted by atomic mass is 9.90. The third-order valence-corrected chi connectivity index (χ3v) is 3.84. The monoisotopic (exact) mass is 234 g/mol. The maximum absolute atomic E-state index is 11.1. The minimum absolute atomic E-state index is 0.0358. The molecule has 0 aromatic heterocycles. The van der Waals surface area contributed by atoms with Crippen LogP contribution in [0.1, 0.15) is 19.3 Å². The van der Waals surface area contributed by atoms with Crippen molar-refractivity contribution in [1.82, 2.24) is 10.0 Å². The van der Waals surface area contributed by atoms with Gasteiger partial charge in [-0.25, -0.2) is 13.1 Å². The van der Waals surface area contributed by atoms with Crippen LogP contribution in [0.4, 0.5) is 0 Å². The van der Waals surface area contributed by atoms with Crippen LogP contribution in [0.5, 0.6) is 0 Å². The van der Waals surface area contributed by atoms with Crippen molar-refractivity contribution in [3.8, 4) is 0 Å². The van der Waals surface area contributed by atoms with Gasteiger partial charge in [-0.2, -0.15) is 0 Å². The van der Waals surface area contributed by atoms with Crippen LogP contribution in [0.15, 0.2) is 0 Å². The quantitative estimate of drug-likeness (QED) is 0.672. The second-order valence-corrected chi connectivity index (χ2v) is 6.32. The van der Waals surface area contributed by atoms with E-state index < -0.39 is 10.0 Å². The summed E-state index contributed by atoms with van der Waals surface area (Å²) < 4.78 is 30.7. The maximum Gasteiger partial charge on any atom is 0.208 e. The van der Waals surface area contributed by atoms with E-state index >= 15 is 0 Å². The SMILES string of the molecule is CS(=O)(=O)N[C@H]1CCO[C@]2(CCNC2)C1. The van der Waals surface area contributed by atoms with Gasteiger partial charge in [-0.3, -0.25) is 0 Å². The summed E-state index contributed by atoms with van der Waals surface area (Å²) in [6.45, 7) is 2.45. The van der Waals surface area contributed by atoms with Gasteiger partial charge in [0.05, 0.1) is 11.9 Å². The zero-order valence-electron chi connectivity index (χ0n) is 8.95. The van der Waals surface area contributed by atoms with E-state index in [1.165, 1.54) is 6.26 Å². The summed E-state index contributed by atoms with van der Waals surface area (Å²) >= 11 is 0.